The first kappa shape index (κ1) is 13.7. The average molecular weight is 267 g/mol. The number of aromatic nitrogens is 1. The van der Waals surface area contributed by atoms with Crippen LogP contribution in [0.5, 0.6) is 0 Å². The van der Waals surface area contributed by atoms with E-state index in [1.54, 1.807) is 0 Å². The molecule has 1 aromatic heterocycles. The third kappa shape index (κ3) is 2.80. The molecule has 0 saturated carbocycles. The van der Waals surface area contributed by atoms with Gasteiger partial charge in [0, 0.05) is 24.7 Å². The zero-order valence-electron chi connectivity index (χ0n) is 11.8. The summed E-state index contributed by atoms with van der Waals surface area (Å²) in [5, 5.41) is 0. The van der Waals surface area contributed by atoms with Crippen LogP contribution < -0.4 is 4.90 Å². The van der Waals surface area contributed by atoms with Crippen LogP contribution in [0.4, 0.5) is 5.82 Å². The van der Waals surface area contributed by atoms with Gasteiger partial charge in [-0.3, -0.25) is 0 Å². The minimum atomic E-state index is 0.389. The van der Waals surface area contributed by atoms with Gasteiger partial charge in [-0.05, 0) is 36.3 Å². The van der Waals surface area contributed by atoms with Crippen molar-refractivity contribution < 1.29 is 0 Å². The summed E-state index contributed by atoms with van der Waals surface area (Å²) in [5.74, 6) is 2.41. The molecule has 0 bridgehead atoms. The van der Waals surface area contributed by atoms with Crippen LogP contribution in [-0.4, -0.2) is 18.1 Å². The molecule has 18 heavy (non-hydrogen) atoms. The Balaban J connectivity index is 2.12. The summed E-state index contributed by atoms with van der Waals surface area (Å²) >= 11 is 5.87. The van der Waals surface area contributed by atoms with Gasteiger partial charge in [0.1, 0.15) is 5.82 Å². The number of aryl methyl sites for hydroxylation is 1. The Kier molecular flexibility index (Phi) is 3.86. The number of nitrogens with zero attached hydrogens (tertiary/aromatic N) is 2. The summed E-state index contributed by atoms with van der Waals surface area (Å²) < 4.78 is 0. The number of halogens is 1. The highest BCUT2D eigenvalue weighted by Gasteiger charge is 2.32. The zero-order valence-corrected chi connectivity index (χ0v) is 12.6. The number of rotatable bonds is 2. The Morgan fingerprint density at radius 1 is 1.39 bits per heavy atom. The normalized spacial score (nSPS) is 20.5. The van der Waals surface area contributed by atoms with Gasteiger partial charge in [0.25, 0.3) is 0 Å². The summed E-state index contributed by atoms with van der Waals surface area (Å²) in [7, 11) is 0. The van der Waals surface area contributed by atoms with Crippen LogP contribution in [-0.2, 0) is 5.88 Å². The first-order chi connectivity index (χ1) is 8.41. The maximum absolute atomic E-state index is 5.87. The van der Waals surface area contributed by atoms with Crippen LogP contribution in [0, 0.1) is 18.3 Å². The second kappa shape index (κ2) is 5.08. The summed E-state index contributed by atoms with van der Waals surface area (Å²) in [6, 6.07) is 4.21. The molecule has 1 saturated heterocycles. The maximum Gasteiger partial charge on any atom is 0.128 e. The molecule has 0 radical (unpaired) electrons. The van der Waals surface area contributed by atoms with Crippen LogP contribution >= 0.6 is 11.6 Å². The van der Waals surface area contributed by atoms with Gasteiger partial charge in [-0.1, -0.05) is 26.8 Å². The summed E-state index contributed by atoms with van der Waals surface area (Å²) in [4.78, 5) is 7.09. The Morgan fingerprint density at radius 3 is 2.61 bits per heavy atom. The summed E-state index contributed by atoms with van der Waals surface area (Å²) in [6.07, 6.45) is 1.27. The molecule has 1 aliphatic heterocycles. The predicted octanol–water partition coefficient (Wildman–Crippen LogP) is 4.00. The number of hydrogen-bond donors (Lipinski definition) is 0. The first-order valence-corrected chi connectivity index (χ1v) is 7.22. The van der Waals surface area contributed by atoms with E-state index in [4.69, 9.17) is 11.6 Å². The molecule has 1 unspecified atom stereocenters. The quantitative estimate of drug-likeness (QED) is 0.752. The maximum atomic E-state index is 5.87. The monoisotopic (exact) mass is 266 g/mol. The molecular formula is C15H23ClN2. The smallest absolute Gasteiger partial charge is 0.128 e. The van der Waals surface area contributed by atoms with Gasteiger partial charge < -0.3 is 4.90 Å². The van der Waals surface area contributed by atoms with Gasteiger partial charge in [-0.2, -0.15) is 0 Å². The Labute approximate surface area is 115 Å². The van der Waals surface area contributed by atoms with Crippen molar-refractivity contribution >= 4 is 17.4 Å². The lowest BCUT2D eigenvalue weighted by atomic mass is 9.80. The Morgan fingerprint density at radius 2 is 2.11 bits per heavy atom. The lowest BCUT2D eigenvalue weighted by Crippen LogP contribution is -2.26. The van der Waals surface area contributed by atoms with E-state index < -0.39 is 0 Å². The van der Waals surface area contributed by atoms with Gasteiger partial charge in [0.15, 0.2) is 0 Å². The average Bonchev–Trinajstić information content (AvgIpc) is 2.77. The highest BCUT2D eigenvalue weighted by Crippen LogP contribution is 2.35. The van der Waals surface area contributed by atoms with Crippen molar-refractivity contribution in [2.45, 2.75) is 40.0 Å². The van der Waals surface area contributed by atoms with Gasteiger partial charge in [0.2, 0.25) is 0 Å². The number of anilines is 1. The van der Waals surface area contributed by atoms with E-state index in [1.807, 2.05) is 6.92 Å². The SMILES string of the molecule is Cc1nc(N2CCC(C(C)(C)C)C2)ccc1CCl. The molecule has 1 fully saturated rings. The number of alkyl halides is 1. The molecule has 1 aromatic rings. The van der Waals surface area contributed by atoms with Crippen LogP contribution in [0.15, 0.2) is 12.1 Å². The van der Waals surface area contributed by atoms with E-state index in [9.17, 15) is 0 Å². The minimum Gasteiger partial charge on any atom is -0.356 e. The van der Waals surface area contributed by atoms with E-state index >= 15 is 0 Å². The second-order valence-electron chi connectivity index (χ2n) is 6.35. The van der Waals surface area contributed by atoms with Crippen molar-refractivity contribution in [2.75, 3.05) is 18.0 Å². The molecule has 0 amide bonds. The molecule has 2 rings (SSSR count). The van der Waals surface area contributed by atoms with Crippen molar-refractivity contribution in [2.24, 2.45) is 11.3 Å². The Bertz CT molecular complexity index is 423. The van der Waals surface area contributed by atoms with E-state index in [0.717, 1.165) is 36.1 Å². The third-order valence-corrected chi connectivity index (χ3v) is 4.35. The highest BCUT2D eigenvalue weighted by molar-refractivity contribution is 6.17. The van der Waals surface area contributed by atoms with Gasteiger partial charge >= 0.3 is 0 Å². The summed E-state index contributed by atoms with van der Waals surface area (Å²) in [5.41, 5.74) is 2.58. The third-order valence-electron chi connectivity index (χ3n) is 4.06. The number of hydrogen-bond acceptors (Lipinski definition) is 2. The van der Waals surface area contributed by atoms with Crippen LogP contribution in [0.3, 0.4) is 0 Å². The standard InChI is InChI=1S/C15H23ClN2/c1-11-12(9-16)5-6-14(17-11)18-8-7-13(10-18)15(2,3)4/h5-6,13H,7-10H2,1-4H3. The fourth-order valence-corrected chi connectivity index (χ4v) is 2.85. The van der Waals surface area contributed by atoms with E-state index in [2.05, 4.69) is 42.8 Å². The molecule has 0 N–H and O–H groups in total. The summed E-state index contributed by atoms with van der Waals surface area (Å²) in [6.45, 7) is 11.3. The van der Waals surface area contributed by atoms with E-state index in [-0.39, 0.29) is 0 Å². The second-order valence-corrected chi connectivity index (χ2v) is 6.61. The molecule has 1 aliphatic rings. The number of pyridine rings is 1. The zero-order chi connectivity index (χ0) is 13.3. The fraction of sp³-hybridized carbons (Fsp3) is 0.667. The Hall–Kier alpha value is -0.760. The molecule has 2 heterocycles. The van der Waals surface area contributed by atoms with Crippen molar-refractivity contribution in [3.05, 3.63) is 23.4 Å². The lowest BCUT2D eigenvalue weighted by Gasteiger charge is -2.27. The van der Waals surface area contributed by atoms with Crippen molar-refractivity contribution in [3.63, 3.8) is 0 Å². The first-order valence-electron chi connectivity index (χ1n) is 6.69. The molecule has 0 aromatic carbocycles. The lowest BCUT2D eigenvalue weighted by molar-refractivity contribution is 0.263. The highest BCUT2D eigenvalue weighted by atomic mass is 35.5. The molecule has 3 heteroatoms. The van der Waals surface area contributed by atoms with Crippen LogP contribution in [0.25, 0.3) is 0 Å². The predicted molar refractivity (Wildman–Crippen MR) is 78.3 cm³/mol. The minimum absolute atomic E-state index is 0.389. The molecule has 0 aliphatic carbocycles. The van der Waals surface area contributed by atoms with Gasteiger partial charge in [-0.15, -0.1) is 11.6 Å². The van der Waals surface area contributed by atoms with Gasteiger partial charge in [0.05, 0.1) is 0 Å². The van der Waals surface area contributed by atoms with Crippen molar-refractivity contribution in [1.29, 1.82) is 0 Å². The van der Waals surface area contributed by atoms with Crippen molar-refractivity contribution in [1.82, 2.24) is 4.98 Å². The molecule has 2 nitrogen and oxygen atoms in total. The fourth-order valence-electron chi connectivity index (χ4n) is 2.57. The molecular weight excluding hydrogens is 244 g/mol. The molecule has 100 valence electrons. The van der Waals surface area contributed by atoms with Gasteiger partial charge in [-0.25, -0.2) is 4.98 Å². The van der Waals surface area contributed by atoms with Crippen LogP contribution in [0.1, 0.15) is 38.4 Å². The van der Waals surface area contributed by atoms with E-state index in [0.29, 0.717) is 11.3 Å². The largest absolute Gasteiger partial charge is 0.356 e. The topological polar surface area (TPSA) is 16.1 Å². The molecule has 0 spiro atoms. The van der Waals surface area contributed by atoms with Crippen molar-refractivity contribution in [3.8, 4) is 0 Å². The molecule has 1 atom stereocenters. The van der Waals surface area contributed by atoms with E-state index in [1.165, 1.54) is 6.42 Å². The van der Waals surface area contributed by atoms with Crippen LogP contribution in [0.2, 0.25) is 0 Å².